The molecule has 0 aromatic heterocycles. The molecule has 1 saturated carbocycles. The molecule has 0 radical (unpaired) electrons. The number of sulfonamides is 1. The van der Waals surface area contributed by atoms with Gasteiger partial charge in [-0.1, -0.05) is 47.5 Å². The minimum Gasteiger partial charge on any atom is -0.225 e. The van der Waals surface area contributed by atoms with Crippen LogP contribution in [0.15, 0.2) is 64.4 Å². The fourth-order valence-corrected chi connectivity index (χ4v) is 6.19. The molecule has 0 spiro atoms. The highest BCUT2D eigenvalue weighted by atomic mass is 35.7. The lowest BCUT2D eigenvalue weighted by atomic mass is 9.81. The maximum atomic E-state index is 11.9. The third-order valence-corrected chi connectivity index (χ3v) is 8.46. The first-order chi connectivity index (χ1) is 14.5. The first-order valence-corrected chi connectivity index (χ1v) is 14.1. The number of primary sulfonamides is 1. The molecular formula is C23H28ClNO4S2. The van der Waals surface area contributed by atoms with Gasteiger partial charge in [-0.15, -0.1) is 0 Å². The predicted molar refractivity (Wildman–Crippen MR) is 124 cm³/mol. The molecule has 0 saturated heterocycles. The summed E-state index contributed by atoms with van der Waals surface area (Å²) in [6.45, 7) is 3.89. The van der Waals surface area contributed by atoms with Crippen molar-refractivity contribution in [2.75, 3.05) is 0 Å². The summed E-state index contributed by atoms with van der Waals surface area (Å²) in [5.41, 5.74) is 3.06. The molecular weight excluding hydrogens is 454 g/mol. The molecule has 2 unspecified atom stereocenters. The quantitative estimate of drug-likeness (QED) is 0.491. The average molecular weight is 482 g/mol. The Morgan fingerprint density at radius 2 is 1.35 bits per heavy atom. The molecule has 2 aliphatic rings. The molecule has 2 aromatic rings. The summed E-state index contributed by atoms with van der Waals surface area (Å²) in [6, 6.07) is 11.9. The SMILES string of the molecule is Cc1ccc(S(=O)(=O)Cl)cc1.Cc1ccc(S(N)(=O)=O)c(C2C3CC=CCC2CC3)c1. The van der Waals surface area contributed by atoms with Gasteiger partial charge in [0.1, 0.15) is 0 Å². The minimum absolute atomic E-state index is 0.143. The van der Waals surface area contributed by atoms with Crippen LogP contribution in [0.5, 0.6) is 0 Å². The Labute approximate surface area is 189 Å². The summed E-state index contributed by atoms with van der Waals surface area (Å²) in [5, 5.41) is 5.42. The van der Waals surface area contributed by atoms with Crippen LogP contribution in [0.4, 0.5) is 0 Å². The second-order valence-electron chi connectivity index (χ2n) is 8.40. The van der Waals surface area contributed by atoms with E-state index < -0.39 is 19.1 Å². The summed E-state index contributed by atoms with van der Waals surface area (Å²) in [4.78, 5) is 0.469. The Bertz CT molecular complexity index is 1160. The van der Waals surface area contributed by atoms with Gasteiger partial charge < -0.3 is 0 Å². The van der Waals surface area contributed by atoms with Crippen molar-refractivity contribution in [3.63, 3.8) is 0 Å². The van der Waals surface area contributed by atoms with Crippen LogP contribution < -0.4 is 5.14 Å². The fourth-order valence-electron chi connectivity index (χ4n) is 4.64. The van der Waals surface area contributed by atoms with E-state index in [1.54, 1.807) is 18.2 Å². The van der Waals surface area contributed by atoms with E-state index in [4.69, 9.17) is 15.8 Å². The zero-order valence-corrected chi connectivity index (χ0v) is 20.1. The van der Waals surface area contributed by atoms with E-state index in [-0.39, 0.29) is 4.90 Å². The highest BCUT2D eigenvalue weighted by molar-refractivity contribution is 8.13. The van der Waals surface area contributed by atoms with Gasteiger partial charge in [-0.3, -0.25) is 0 Å². The van der Waals surface area contributed by atoms with Crippen LogP contribution in [-0.4, -0.2) is 16.8 Å². The number of hydrogen-bond donors (Lipinski definition) is 1. The van der Waals surface area contributed by atoms with Crippen molar-refractivity contribution in [3.05, 3.63) is 71.3 Å². The molecule has 0 heterocycles. The normalized spacial score (nSPS) is 23.0. The van der Waals surface area contributed by atoms with E-state index >= 15 is 0 Å². The number of fused-ring (bicyclic) bond motifs is 2. The van der Waals surface area contributed by atoms with Crippen LogP contribution in [0.2, 0.25) is 0 Å². The lowest BCUT2D eigenvalue weighted by molar-refractivity contribution is 0.420. The van der Waals surface area contributed by atoms with Gasteiger partial charge >= 0.3 is 0 Å². The van der Waals surface area contributed by atoms with Crippen LogP contribution in [0.3, 0.4) is 0 Å². The number of nitrogens with two attached hydrogens (primary N) is 1. The van der Waals surface area contributed by atoms with Gasteiger partial charge in [0.2, 0.25) is 10.0 Å². The summed E-state index contributed by atoms with van der Waals surface area (Å²) >= 11 is 0. The number of rotatable bonds is 3. The highest BCUT2D eigenvalue weighted by Gasteiger charge is 2.39. The van der Waals surface area contributed by atoms with E-state index in [0.29, 0.717) is 22.6 Å². The standard InChI is InChI=1S/C16H21NO2S.C7H7ClO2S/c1-11-6-9-15(20(17,18)19)14(10-11)16-12-4-2-3-5-13(16)8-7-12;1-6-2-4-7(5-3-6)11(8,9)10/h2-3,6,9-10,12-13,16H,4-5,7-8H2,1H3,(H2,17,18,19);2-5H,1H3. The van der Waals surface area contributed by atoms with Gasteiger partial charge in [-0.05, 0) is 81.0 Å². The lowest BCUT2D eigenvalue weighted by Gasteiger charge is -2.25. The van der Waals surface area contributed by atoms with Crippen LogP contribution >= 0.6 is 10.7 Å². The van der Waals surface area contributed by atoms with E-state index in [0.717, 1.165) is 29.5 Å². The predicted octanol–water partition coefficient (Wildman–Crippen LogP) is 5.02. The van der Waals surface area contributed by atoms with E-state index in [2.05, 4.69) is 12.2 Å². The van der Waals surface area contributed by atoms with Crippen molar-refractivity contribution in [2.45, 2.75) is 55.2 Å². The molecule has 2 aliphatic carbocycles. The second-order valence-corrected chi connectivity index (χ2v) is 12.5. The Morgan fingerprint density at radius 3 is 1.84 bits per heavy atom. The third-order valence-electron chi connectivity index (χ3n) is 6.10. The van der Waals surface area contributed by atoms with Crippen molar-refractivity contribution in [3.8, 4) is 0 Å². The lowest BCUT2D eigenvalue weighted by Crippen LogP contribution is -2.20. The summed E-state index contributed by atoms with van der Waals surface area (Å²) in [5.74, 6) is 1.44. The molecule has 5 nitrogen and oxygen atoms in total. The van der Waals surface area contributed by atoms with Crippen molar-refractivity contribution in [2.24, 2.45) is 17.0 Å². The van der Waals surface area contributed by atoms with Crippen molar-refractivity contribution in [1.82, 2.24) is 0 Å². The molecule has 2 atom stereocenters. The number of benzene rings is 2. The Balaban J connectivity index is 0.000000210. The molecule has 8 heteroatoms. The Kier molecular flexibility index (Phi) is 7.31. The molecule has 1 fully saturated rings. The van der Waals surface area contributed by atoms with Crippen LogP contribution in [0.25, 0.3) is 0 Å². The molecule has 168 valence electrons. The van der Waals surface area contributed by atoms with Gasteiger partial charge in [0.15, 0.2) is 0 Å². The highest BCUT2D eigenvalue weighted by Crippen LogP contribution is 2.50. The van der Waals surface area contributed by atoms with Crippen LogP contribution in [0, 0.1) is 25.7 Å². The van der Waals surface area contributed by atoms with Gasteiger partial charge in [-0.2, -0.15) is 0 Å². The largest absolute Gasteiger partial charge is 0.261 e. The summed E-state index contributed by atoms with van der Waals surface area (Å²) < 4.78 is 45.2. The number of allylic oxidation sites excluding steroid dienone is 2. The van der Waals surface area contributed by atoms with Gasteiger partial charge in [0, 0.05) is 10.7 Å². The number of hydrogen-bond acceptors (Lipinski definition) is 4. The summed E-state index contributed by atoms with van der Waals surface area (Å²) in [6.07, 6.45) is 9.00. The van der Waals surface area contributed by atoms with E-state index in [9.17, 15) is 16.8 Å². The van der Waals surface area contributed by atoms with Gasteiger partial charge in [0.25, 0.3) is 9.05 Å². The van der Waals surface area contributed by atoms with Crippen molar-refractivity contribution in [1.29, 1.82) is 0 Å². The monoisotopic (exact) mass is 481 g/mol. The molecule has 0 aliphatic heterocycles. The second kappa shape index (κ2) is 9.45. The van der Waals surface area contributed by atoms with Crippen molar-refractivity contribution < 1.29 is 16.8 Å². The maximum Gasteiger partial charge on any atom is 0.261 e. The number of halogens is 1. The average Bonchev–Trinajstić information content (AvgIpc) is 2.93. The first kappa shape index (κ1) is 24.0. The van der Waals surface area contributed by atoms with Crippen LogP contribution in [0.1, 0.15) is 48.3 Å². The Morgan fingerprint density at radius 1 is 0.839 bits per heavy atom. The van der Waals surface area contributed by atoms with Gasteiger partial charge in [0.05, 0.1) is 9.79 Å². The topological polar surface area (TPSA) is 94.3 Å². The zero-order valence-electron chi connectivity index (χ0n) is 17.7. The minimum atomic E-state index is -3.65. The fraction of sp³-hybridized carbons (Fsp3) is 0.391. The molecule has 2 aromatic carbocycles. The number of aryl methyl sites for hydroxylation is 2. The third kappa shape index (κ3) is 5.98. The zero-order chi connectivity index (χ0) is 22.8. The molecule has 2 bridgehead atoms. The molecule has 31 heavy (non-hydrogen) atoms. The van der Waals surface area contributed by atoms with Gasteiger partial charge in [-0.25, -0.2) is 22.0 Å². The van der Waals surface area contributed by atoms with Crippen molar-refractivity contribution >= 4 is 29.8 Å². The summed E-state index contributed by atoms with van der Waals surface area (Å²) in [7, 11) is -2.12. The van der Waals surface area contributed by atoms with E-state index in [1.807, 2.05) is 26.0 Å². The molecule has 2 N–H and O–H groups in total. The molecule has 4 rings (SSSR count). The first-order valence-electron chi connectivity index (χ1n) is 10.3. The molecule has 0 amide bonds. The smallest absolute Gasteiger partial charge is 0.225 e. The Hall–Kier alpha value is -1.67. The van der Waals surface area contributed by atoms with Crippen LogP contribution in [-0.2, 0) is 19.1 Å². The van der Waals surface area contributed by atoms with E-state index in [1.165, 1.54) is 25.0 Å². The maximum absolute atomic E-state index is 11.9.